The number of ether oxygens (including phenoxy) is 1. The minimum absolute atomic E-state index is 0.324. The fourth-order valence-electron chi connectivity index (χ4n) is 1.16. The van der Waals surface area contributed by atoms with Crippen molar-refractivity contribution in [2.45, 2.75) is 6.36 Å². The molecule has 0 radical (unpaired) electrons. The molecule has 94 valence electrons. The van der Waals surface area contributed by atoms with Crippen molar-refractivity contribution in [3.8, 4) is 5.75 Å². The Morgan fingerprint density at radius 2 is 1.94 bits per heavy atom. The standard InChI is InChI=1S/C10H9ClF3NO2/c1-15(2)6-3-4-7(9(11)16)8(5-6)17-10(12,13)14/h3-5H,1-2H3. The van der Waals surface area contributed by atoms with E-state index in [4.69, 9.17) is 11.6 Å². The molecule has 1 rings (SSSR count). The maximum atomic E-state index is 12.1. The third-order valence-electron chi connectivity index (χ3n) is 1.92. The fourth-order valence-corrected chi connectivity index (χ4v) is 1.32. The summed E-state index contributed by atoms with van der Waals surface area (Å²) in [5.74, 6) is -0.608. The van der Waals surface area contributed by atoms with Gasteiger partial charge in [-0.15, -0.1) is 13.2 Å². The first-order valence-corrected chi connectivity index (χ1v) is 4.85. The average Bonchev–Trinajstić information content (AvgIpc) is 2.14. The first-order chi connectivity index (χ1) is 7.70. The van der Waals surface area contributed by atoms with Gasteiger partial charge >= 0.3 is 6.36 Å². The number of hydrogen-bond acceptors (Lipinski definition) is 3. The molecule has 1 aromatic carbocycles. The summed E-state index contributed by atoms with van der Waals surface area (Å²) in [7, 11) is 3.30. The molecule has 0 aromatic heterocycles. The quantitative estimate of drug-likeness (QED) is 0.789. The Labute approximate surface area is 101 Å². The zero-order valence-electron chi connectivity index (χ0n) is 9.01. The van der Waals surface area contributed by atoms with Crippen LogP contribution in [0.4, 0.5) is 18.9 Å². The van der Waals surface area contributed by atoms with Gasteiger partial charge in [0.05, 0.1) is 5.56 Å². The highest BCUT2D eigenvalue weighted by Gasteiger charge is 2.33. The van der Waals surface area contributed by atoms with Crippen LogP contribution >= 0.6 is 11.6 Å². The van der Waals surface area contributed by atoms with Crippen molar-refractivity contribution in [2.24, 2.45) is 0 Å². The molecule has 1 aromatic rings. The van der Waals surface area contributed by atoms with Gasteiger partial charge in [-0.3, -0.25) is 4.79 Å². The maximum absolute atomic E-state index is 12.1. The van der Waals surface area contributed by atoms with Crippen LogP contribution in [-0.4, -0.2) is 25.7 Å². The Kier molecular flexibility index (Phi) is 3.87. The normalized spacial score (nSPS) is 11.2. The number of benzene rings is 1. The van der Waals surface area contributed by atoms with Gasteiger partial charge in [0.1, 0.15) is 5.75 Å². The van der Waals surface area contributed by atoms with Gasteiger partial charge in [0, 0.05) is 25.8 Å². The second kappa shape index (κ2) is 4.83. The average molecular weight is 268 g/mol. The summed E-state index contributed by atoms with van der Waals surface area (Å²) < 4.78 is 40.1. The molecule has 0 aliphatic carbocycles. The number of carbonyl (C=O) groups excluding carboxylic acids is 1. The van der Waals surface area contributed by atoms with Crippen LogP contribution in [0.15, 0.2) is 18.2 Å². The second-order valence-corrected chi connectivity index (χ2v) is 3.74. The molecule has 7 heteroatoms. The SMILES string of the molecule is CN(C)c1ccc(C(=O)Cl)c(OC(F)(F)F)c1. The topological polar surface area (TPSA) is 29.5 Å². The zero-order valence-corrected chi connectivity index (χ0v) is 9.76. The molecule has 0 fully saturated rings. The molecule has 17 heavy (non-hydrogen) atoms. The van der Waals surface area contributed by atoms with Crippen molar-refractivity contribution >= 4 is 22.5 Å². The van der Waals surface area contributed by atoms with Crippen LogP contribution in [0.5, 0.6) is 5.75 Å². The van der Waals surface area contributed by atoms with Crippen LogP contribution in [-0.2, 0) is 0 Å². The molecule has 0 aliphatic heterocycles. The van der Waals surface area contributed by atoms with Crippen LogP contribution in [0.3, 0.4) is 0 Å². The van der Waals surface area contributed by atoms with E-state index in [1.807, 2.05) is 0 Å². The van der Waals surface area contributed by atoms with E-state index in [1.165, 1.54) is 12.1 Å². The highest BCUT2D eigenvalue weighted by atomic mass is 35.5. The lowest BCUT2D eigenvalue weighted by molar-refractivity contribution is -0.274. The third-order valence-corrected chi connectivity index (χ3v) is 2.12. The molecule has 0 saturated carbocycles. The number of halogens is 4. The van der Waals surface area contributed by atoms with E-state index >= 15 is 0 Å². The summed E-state index contributed by atoms with van der Waals surface area (Å²) in [5.41, 5.74) is 0.139. The number of alkyl halides is 3. The van der Waals surface area contributed by atoms with Gasteiger partial charge in [-0.1, -0.05) is 0 Å². The van der Waals surface area contributed by atoms with Gasteiger partial charge in [0.25, 0.3) is 5.24 Å². The van der Waals surface area contributed by atoms with E-state index < -0.39 is 17.4 Å². The van der Waals surface area contributed by atoms with Gasteiger partial charge in [0.15, 0.2) is 0 Å². The smallest absolute Gasteiger partial charge is 0.405 e. The highest BCUT2D eigenvalue weighted by Crippen LogP contribution is 2.30. The monoisotopic (exact) mass is 267 g/mol. The Balaban J connectivity index is 3.21. The predicted octanol–water partition coefficient (Wildman–Crippen LogP) is 3.03. The van der Waals surface area contributed by atoms with Crippen molar-refractivity contribution in [1.82, 2.24) is 0 Å². The molecule has 0 saturated heterocycles. The number of rotatable bonds is 3. The molecule has 0 spiro atoms. The summed E-state index contributed by atoms with van der Waals surface area (Å²) >= 11 is 5.17. The lowest BCUT2D eigenvalue weighted by Gasteiger charge is -2.16. The highest BCUT2D eigenvalue weighted by molar-refractivity contribution is 6.68. The Hall–Kier alpha value is -1.43. The molecular formula is C10H9ClF3NO2. The van der Waals surface area contributed by atoms with Gasteiger partial charge in [-0.05, 0) is 23.7 Å². The first kappa shape index (κ1) is 13.6. The van der Waals surface area contributed by atoms with Crippen molar-refractivity contribution in [1.29, 1.82) is 0 Å². The lowest BCUT2D eigenvalue weighted by atomic mass is 10.2. The number of anilines is 1. The van der Waals surface area contributed by atoms with Crippen molar-refractivity contribution in [2.75, 3.05) is 19.0 Å². The number of nitrogens with zero attached hydrogens (tertiary/aromatic N) is 1. The summed E-state index contributed by atoms with van der Waals surface area (Å²) in [6.07, 6.45) is -4.87. The molecule has 3 nitrogen and oxygen atoms in total. The molecule has 0 aliphatic rings. The third kappa shape index (κ3) is 3.81. The van der Waals surface area contributed by atoms with Gasteiger partial charge < -0.3 is 9.64 Å². The van der Waals surface area contributed by atoms with Crippen molar-refractivity contribution in [3.63, 3.8) is 0 Å². The van der Waals surface area contributed by atoms with Crippen molar-refractivity contribution in [3.05, 3.63) is 23.8 Å². The van der Waals surface area contributed by atoms with Crippen LogP contribution in [0.1, 0.15) is 10.4 Å². The van der Waals surface area contributed by atoms with Crippen LogP contribution in [0.2, 0.25) is 0 Å². The molecule has 0 heterocycles. The molecule has 0 unspecified atom stereocenters. The number of hydrogen-bond donors (Lipinski definition) is 0. The van der Waals surface area contributed by atoms with Gasteiger partial charge in [-0.2, -0.15) is 0 Å². The molecule has 0 amide bonds. The fraction of sp³-hybridized carbons (Fsp3) is 0.300. The summed E-state index contributed by atoms with van der Waals surface area (Å²) in [4.78, 5) is 12.5. The summed E-state index contributed by atoms with van der Waals surface area (Å²) in [6.45, 7) is 0. The van der Waals surface area contributed by atoms with Crippen LogP contribution in [0.25, 0.3) is 0 Å². The Morgan fingerprint density at radius 3 is 2.35 bits per heavy atom. The van der Waals surface area contributed by atoms with Crippen molar-refractivity contribution < 1.29 is 22.7 Å². The molecule has 0 N–H and O–H groups in total. The number of carbonyl (C=O) groups is 1. The van der Waals surface area contributed by atoms with Crippen LogP contribution < -0.4 is 9.64 Å². The van der Waals surface area contributed by atoms with E-state index in [-0.39, 0.29) is 5.56 Å². The van der Waals surface area contributed by atoms with Gasteiger partial charge in [0.2, 0.25) is 0 Å². The van der Waals surface area contributed by atoms with E-state index in [0.29, 0.717) is 5.69 Å². The van der Waals surface area contributed by atoms with Crippen LogP contribution in [0, 0.1) is 0 Å². The maximum Gasteiger partial charge on any atom is 0.573 e. The van der Waals surface area contributed by atoms with E-state index in [9.17, 15) is 18.0 Å². The lowest BCUT2D eigenvalue weighted by Crippen LogP contribution is -2.19. The van der Waals surface area contributed by atoms with E-state index in [2.05, 4.69) is 4.74 Å². The first-order valence-electron chi connectivity index (χ1n) is 4.47. The summed E-state index contributed by atoms with van der Waals surface area (Å²) in [6, 6.07) is 3.76. The Bertz CT molecular complexity index is 432. The molecule has 0 atom stereocenters. The van der Waals surface area contributed by atoms with E-state index in [0.717, 1.165) is 6.07 Å². The largest absolute Gasteiger partial charge is 0.573 e. The zero-order chi connectivity index (χ0) is 13.2. The Morgan fingerprint density at radius 1 is 1.35 bits per heavy atom. The molecule has 0 bridgehead atoms. The summed E-state index contributed by atoms with van der Waals surface area (Å²) in [5, 5.41) is -1.01. The minimum Gasteiger partial charge on any atom is -0.405 e. The second-order valence-electron chi connectivity index (χ2n) is 3.40. The predicted molar refractivity (Wildman–Crippen MR) is 57.6 cm³/mol. The minimum atomic E-state index is -4.87. The molecular weight excluding hydrogens is 259 g/mol. The van der Waals surface area contributed by atoms with E-state index in [1.54, 1.807) is 19.0 Å². The van der Waals surface area contributed by atoms with Gasteiger partial charge in [-0.25, -0.2) is 0 Å².